The number of hydrogen-bond acceptors (Lipinski definition) is 3. The zero-order valence-corrected chi connectivity index (χ0v) is 9.76. The van der Waals surface area contributed by atoms with Gasteiger partial charge in [0, 0.05) is 0 Å². The number of rotatable bonds is 0. The van der Waals surface area contributed by atoms with E-state index in [0.717, 1.165) is 11.1 Å². The van der Waals surface area contributed by atoms with Crippen LogP contribution in [0.3, 0.4) is 0 Å². The molecule has 1 aromatic carbocycles. The molecule has 4 heteroatoms. The molecule has 0 aliphatic carbocycles. The summed E-state index contributed by atoms with van der Waals surface area (Å²) in [6, 6.07) is 1.95. The predicted molar refractivity (Wildman–Crippen MR) is 63.7 cm³/mol. The fraction of sp³-hybridized carbons (Fsp3) is 0.417. The zero-order valence-electron chi connectivity index (χ0n) is 9.76. The van der Waals surface area contributed by atoms with Gasteiger partial charge in [0.05, 0.1) is 17.8 Å². The first-order chi connectivity index (χ1) is 7.49. The SMILES string of the molecule is Cc1cc(C)c2c(c1N)OC(C)CC(=O)N2. The molecule has 0 radical (unpaired) electrons. The molecule has 0 saturated heterocycles. The van der Waals surface area contributed by atoms with Crippen molar-refractivity contribution >= 4 is 17.3 Å². The molecule has 0 saturated carbocycles. The summed E-state index contributed by atoms with van der Waals surface area (Å²) in [5, 5.41) is 2.85. The fourth-order valence-corrected chi connectivity index (χ4v) is 1.94. The van der Waals surface area contributed by atoms with E-state index in [2.05, 4.69) is 5.32 Å². The summed E-state index contributed by atoms with van der Waals surface area (Å²) in [7, 11) is 0. The Bertz CT molecular complexity index is 455. The van der Waals surface area contributed by atoms with Gasteiger partial charge in [-0.1, -0.05) is 6.07 Å². The maximum absolute atomic E-state index is 11.6. The molecular formula is C12H16N2O2. The van der Waals surface area contributed by atoms with E-state index < -0.39 is 0 Å². The van der Waals surface area contributed by atoms with E-state index in [1.54, 1.807) is 0 Å². The molecule has 1 aromatic rings. The summed E-state index contributed by atoms with van der Waals surface area (Å²) in [5.74, 6) is 0.577. The minimum absolute atomic E-state index is 0.0300. The molecule has 4 nitrogen and oxygen atoms in total. The predicted octanol–water partition coefficient (Wildman–Crippen LogP) is 2.00. The average molecular weight is 220 g/mol. The maximum atomic E-state index is 11.6. The lowest BCUT2D eigenvalue weighted by Crippen LogP contribution is -2.17. The molecule has 0 bridgehead atoms. The largest absolute Gasteiger partial charge is 0.486 e. The second-order valence-electron chi connectivity index (χ2n) is 4.31. The lowest BCUT2D eigenvalue weighted by molar-refractivity contribution is -0.117. The molecular weight excluding hydrogens is 204 g/mol. The number of ether oxygens (including phenoxy) is 1. The molecule has 0 fully saturated rings. The normalized spacial score (nSPS) is 19.4. The van der Waals surface area contributed by atoms with Gasteiger partial charge in [-0.2, -0.15) is 0 Å². The summed E-state index contributed by atoms with van der Waals surface area (Å²) < 4.78 is 5.71. The van der Waals surface area contributed by atoms with Crippen LogP contribution in [-0.2, 0) is 4.79 Å². The molecule has 16 heavy (non-hydrogen) atoms. The Balaban J connectivity index is 2.60. The van der Waals surface area contributed by atoms with Crippen molar-refractivity contribution in [2.45, 2.75) is 33.3 Å². The molecule has 2 rings (SSSR count). The first-order valence-corrected chi connectivity index (χ1v) is 5.35. The molecule has 86 valence electrons. The summed E-state index contributed by atoms with van der Waals surface area (Å²) in [4.78, 5) is 11.6. The van der Waals surface area contributed by atoms with E-state index in [1.165, 1.54) is 0 Å². The van der Waals surface area contributed by atoms with Gasteiger partial charge in [-0.15, -0.1) is 0 Å². The number of amides is 1. The van der Waals surface area contributed by atoms with Crippen molar-refractivity contribution in [1.82, 2.24) is 0 Å². The number of nitrogens with one attached hydrogen (secondary N) is 1. The van der Waals surface area contributed by atoms with Gasteiger partial charge < -0.3 is 15.8 Å². The second-order valence-corrected chi connectivity index (χ2v) is 4.31. The highest BCUT2D eigenvalue weighted by Crippen LogP contribution is 2.39. The molecule has 0 spiro atoms. The standard InChI is InChI=1S/C12H16N2O2/c1-6-4-7(2)11-12(10(6)13)16-8(3)5-9(15)14-11/h4,8H,5,13H2,1-3H3,(H,14,15). The minimum atomic E-state index is -0.148. The van der Waals surface area contributed by atoms with E-state index >= 15 is 0 Å². The molecule has 3 N–H and O–H groups in total. The topological polar surface area (TPSA) is 64.3 Å². The van der Waals surface area contributed by atoms with Crippen LogP contribution in [0, 0.1) is 13.8 Å². The fourth-order valence-electron chi connectivity index (χ4n) is 1.94. The van der Waals surface area contributed by atoms with Crippen LogP contribution in [-0.4, -0.2) is 12.0 Å². The lowest BCUT2D eigenvalue weighted by Gasteiger charge is -2.16. The first kappa shape index (κ1) is 10.8. The maximum Gasteiger partial charge on any atom is 0.228 e. The Morgan fingerprint density at radius 1 is 1.44 bits per heavy atom. The van der Waals surface area contributed by atoms with Crippen LogP contribution in [0.2, 0.25) is 0 Å². The molecule has 1 heterocycles. The molecule has 0 aromatic heterocycles. The van der Waals surface area contributed by atoms with Crippen LogP contribution in [0.5, 0.6) is 5.75 Å². The van der Waals surface area contributed by atoms with Crippen molar-refractivity contribution in [2.75, 3.05) is 11.1 Å². The van der Waals surface area contributed by atoms with Gasteiger partial charge in [0.2, 0.25) is 5.91 Å². The van der Waals surface area contributed by atoms with Gasteiger partial charge in [-0.3, -0.25) is 4.79 Å². The van der Waals surface area contributed by atoms with Crippen LogP contribution in [0.15, 0.2) is 6.07 Å². The van der Waals surface area contributed by atoms with Crippen LogP contribution in [0.1, 0.15) is 24.5 Å². The van der Waals surface area contributed by atoms with E-state index in [-0.39, 0.29) is 12.0 Å². The third kappa shape index (κ3) is 1.71. The monoisotopic (exact) mass is 220 g/mol. The Labute approximate surface area is 94.8 Å². The van der Waals surface area contributed by atoms with Crippen molar-refractivity contribution < 1.29 is 9.53 Å². The number of carbonyl (C=O) groups excluding carboxylic acids is 1. The highest BCUT2D eigenvalue weighted by Gasteiger charge is 2.23. The number of carbonyl (C=O) groups is 1. The van der Waals surface area contributed by atoms with E-state index in [4.69, 9.17) is 10.5 Å². The first-order valence-electron chi connectivity index (χ1n) is 5.35. The molecule has 1 aliphatic rings. The smallest absolute Gasteiger partial charge is 0.228 e. The Morgan fingerprint density at radius 3 is 2.81 bits per heavy atom. The Kier molecular flexibility index (Phi) is 2.50. The number of hydrogen-bond donors (Lipinski definition) is 2. The molecule has 1 aliphatic heterocycles. The third-order valence-corrected chi connectivity index (χ3v) is 2.78. The zero-order chi connectivity index (χ0) is 11.9. The van der Waals surface area contributed by atoms with Crippen molar-refractivity contribution in [3.8, 4) is 5.75 Å². The lowest BCUT2D eigenvalue weighted by atomic mass is 10.1. The summed E-state index contributed by atoms with van der Waals surface area (Å²) in [6.07, 6.45) is 0.205. The molecule has 1 amide bonds. The molecule has 1 unspecified atom stereocenters. The number of fused-ring (bicyclic) bond motifs is 1. The van der Waals surface area contributed by atoms with Gasteiger partial charge in [0.25, 0.3) is 0 Å². The van der Waals surface area contributed by atoms with E-state index in [0.29, 0.717) is 23.5 Å². The van der Waals surface area contributed by atoms with E-state index in [1.807, 2.05) is 26.8 Å². The van der Waals surface area contributed by atoms with Crippen molar-refractivity contribution in [1.29, 1.82) is 0 Å². The van der Waals surface area contributed by atoms with E-state index in [9.17, 15) is 4.79 Å². The number of nitrogens with two attached hydrogens (primary N) is 1. The van der Waals surface area contributed by atoms with Gasteiger partial charge in [-0.25, -0.2) is 0 Å². The van der Waals surface area contributed by atoms with Crippen molar-refractivity contribution in [2.24, 2.45) is 0 Å². The Hall–Kier alpha value is -1.71. The van der Waals surface area contributed by atoms with Gasteiger partial charge in [0.1, 0.15) is 6.10 Å². The minimum Gasteiger partial charge on any atom is -0.486 e. The number of nitrogen functional groups attached to an aromatic ring is 1. The number of benzene rings is 1. The van der Waals surface area contributed by atoms with Crippen molar-refractivity contribution in [3.63, 3.8) is 0 Å². The van der Waals surface area contributed by atoms with Gasteiger partial charge >= 0.3 is 0 Å². The summed E-state index contributed by atoms with van der Waals surface area (Å²) >= 11 is 0. The summed E-state index contributed by atoms with van der Waals surface area (Å²) in [5.41, 5.74) is 9.23. The molecule has 1 atom stereocenters. The Morgan fingerprint density at radius 2 is 2.12 bits per heavy atom. The number of aryl methyl sites for hydroxylation is 2. The summed E-state index contributed by atoms with van der Waals surface area (Å²) in [6.45, 7) is 5.74. The van der Waals surface area contributed by atoms with Crippen molar-refractivity contribution in [3.05, 3.63) is 17.2 Å². The number of anilines is 2. The van der Waals surface area contributed by atoms with Crippen LogP contribution in [0.4, 0.5) is 11.4 Å². The average Bonchev–Trinajstić information content (AvgIpc) is 2.33. The third-order valence-electron chi connectivity index (χ3n) is 2.78. The highest BCUT2D eigenvalue weighted by molar-refractivity contribution is 5.96. The van der Waals surface area contributed by atoms with Crippen LogP contribution >= 0.6 is 0 Å². The van der Waals surface area contributed by atoms with Crippen LogP contribution in [0.25, 0.3) is 0 Å². The van der Waals surface area contributed by atoms with Crippen LogP contribution < -0.4 is 15.8 Å². The second kappa shape index (κ2) is 3.70. The van der Waals surface area contributed by atoms with Gasteiger partial charge in [-0.05, 0) is 31.9 Å². The highest BCUT2D eigenvalue weighted by atomic mass is 16.5. The van der Waals surface area contributed by atoms with Gasteiger partial charge in [0.15, 0.2) is 5.75 Å². The quantitative estimate of drug-likeness (QED) is 0.657.